The normalized spacial score (nSPS) is 16.6. The molecule has 0 amide bonds. The minimum absolute atomic E-state index is 0.183. The van der Waals surface area contributed by atoms with Gasteiger partial charge < -0.3 is 9.29 Å². The first-order valence-corrected chi connectivity index (χ1v) is 8.85. The van der Waals surface area contributed by atoms with Crippen molar-refractivity contribution in [3.63, 3.8) is 0 Å². The molecule has 0 aromatic heterocycles. The summed E-state index contributed by atoms with van der Waals surface area (Å²) in [5.74, 6) is 0.638. The Bertz CT molecular complexity index is 899. The summed E-state index contributed by atoms with van der Waals surface area (Å²) in [6, 6.07) is 17.5. The third kappa shape index (κ3) is 3.49. The third-order valence-electron chi connectivity index (χ3n) is 4.10. The van der Waals surface area contributed by atoms with Crippen LogP contribution in [0.4, 0.5) is 0 Å². The van der Waals surface area contributed by atoms with Crippen LogP contribution >= 0.6 is 0 Å². The fourth-order valence-corrected chi connectivity index (χ4v) is 3.25. The third-order valence-corrected chi connectivity index (χ3v) is 4.48. The number of nitrogens with one attached hydrogen (secondary N) is 1. The van der Waals surface area contributed by atoms with E-state index in [9.17, 15) is 14.0 Å². The number of rotatable bonds is 4. The highest BCUT2D eigenvalue weighted by atomic mass is 32.2. The quantitative estimate of drug-likeness (QED) is 0.856. The van der Waals surface area contributed by atoms with Crippen molar-refractivity contribution in [1.82, 2.24) is 4.72 Å². The Morgan fingerprint density at radius 1 is 1.24 bits per heavy atom. The van der Waals surface area contributed by atoms with Gasteiger partial charge in [-0.3, -0.25) is 4.21 Å². The van der Waals surface area contributed by atoms with Gasteiger partial charge >= 0.3 is 0 Å². The lowest BCUT2D eigenvalue weighted by molar-refractivity contribution is 0.149. The smallest absolute Gasteiger partial charge is 0.139 e. The molecule has 2 aromatic carbocycles. The molecule has 0 bridgehead atoms. The second-order valence-corrected chi connectivity index (χ2v) is 6.98. The van der Waals surface area contributed by atoms with E-state index in [1.54, 1.807) is 0 Å². The maximum absolute atomic E-state index is 10.7. The Balaban J connectivity index is 2.14. The molecule has 6 heteroatoms. The monoisotopic (exact) mass is 353 g/mol. The summed E-state index contributed by atoms with van der Waals surface area (Å²) in [6.45, 7) is 3.90. The van der Waals surface area contributed by atoms with E-state index in [1.165, 1.54) is 0 Å². The molecule has 128 valence electrons. The molecule has 0 fully saturated rings. The highest BCUT2D eigenvalue weighted by Crippen LogP contribution is 2.43. The minimum atomic E-state index is -2.32. The fourth-order valence-electron chi connectivity index (χ4n) is 2.97. The van der Waals surface area contributed by atoms with Gasteiger partial charge in [0.25, 0.3) is 0 Å². The van der Waals surface area contributed by atoms with Gasteiger partial charge in [-0.25, -0.2) is 4.72 Å². The van der Waals surface area contributed by atoms with Crippen LogP contribution in [0, 0.1) is 11.3 Å². The van der Waals surface area contributed by atoms with Crippen molar-refractivity contribution in [2.24, 2.45) is 0 Å². The Morgan fingerprint density at radius 2 is 1.96 bits per heavy atom. The van der Waals surface area contributed by atoms with Gasteiger partial charge in [0, 0.05) is 28.9 Å². The van der Waals surface area contributed by atoms with Crippen LogP contribution < -0.4 is 9.46 Å². The molecule has 1 aliphatic heterocycles. The molecule has 0 spiro atoms. The van der Waals surface area contributed by atoms with Gasteiger partial charge in [0.1, 0.15) is 11.4 Å². The largest absolute Gasteiger partial charge is 0.760 e. The average molecular weight is 353 g/mol. The Labute approximate surface area is 149 Å². The number of ether oxygens (including phenoxy) is 1. The van der Waals surface area contributed by atoms with Gasteiger partial charge in [-0.1, -0.05) is 42.5 Å². The van der Waals surface area contributed by atoms with E-state index in [2.05, 4.69) is 10.8 Å². The first kappa shape index (κ1) is 17.4. The molecule has 1 heterocycles. The van der Waals surface area contributed by atoms with Crippen molar-refractivity contribution in [2.45, 2.75) is 26.0 Å². The zero-order chi connectivity index (χ0) is 18.0. The van der Waals surface area contributed by atoms with Gasteiger partial charge in [0.15, 0.2) is 0 Å². The summed E-state index contributed by atoms with van der Waals surface area (Å²) in [5, 5.41) is 9.72. The summed E-state index contributed by atoms with van der Waals surface area (Å²) >= 11 is -2.32. The Hall–Kier alpha value is -2.46. The minimum Gasteiger partial charge on any atom is -0.760 e. The van der Waals surface area contributed by atoms with E-state index < -0.39 is 16.9 Å². The molecule has 0 saturated heterocycles. The van der Waals surface area contributed by atoms with Crippen molar-refractivity contribution in [2.75, 3.05) is 0 Å². The average Bonchev–Trinajstić information content (AvgIpc) is 2.58. The molecule has 3 rings (SSSR count). The maximum Gasteiger partial charge on any atom is 0.139 e. The molecule has 1 unspecified atom stereocenters. The standard InChI is InChI=1S/C19H18N2O3S/c1-19(2)16(11-20)18(14-6-4-3-5-7-14)15-9-8-13(10-17(15)24-19)12-21-25(22)23/h3-10,21H,12H2,1-2H3,(H,22,23)/p-1. The molecule has 0 saturated carbocycles. The molecular weight excluding hydrogens is 336 g/mol. The first-order chi connectivity index (χ1) is 11.9. The van der Waals surface area contributed by atoms with Crippen molar-refractivity contribution in [1.29, 1.82) is 5.26 Å². The first-order valence-electron chi connectivity index (χ1n) is 7.78. The van der Waals surface area contributed by atoms with Crippen LogP contribution in [0.1, 0.15) is 30.5 Å². The highest BCUT2D eigenvalue weighted by molar-refractivity contribution is 7.77. The molecule has 0 aliphatic carbocycles. The zero-order valence-electron chi connectivity index (χ0n) is 13.9. The van der Waals surface area contributed by atoms with Crippen LogP contribution in [-0.4, -0.2) is 14.4 Å². The molecule has 25 heavy (non-hydrogen) atoms. The topological polar surface area (TPSA) is 85.2 Å². The van der Waals surface area contributed by atoms with Gasteiger partial charge in [-0.15, -0.1) is 0 Å². The van der Waals surface area contributed by atoms with E-state index in [-0.39, 0.29) is 6.54 Å². The summed E-state index contributed by atoms with van der Waals surface area (Å²) < 4.78 is 29.8. The molecule has 1 aliphatic rings. The summed E-state index contributed by atoms with van der Waals surface area (Å²) in [6.07, 6.45) is 0. The SMILES string of the molecule is CC1(C)Oc2cc(CNS(=O)[O-])ccc2C(c2ccccc2)=C1C#N. The summed E-state index contributed by atoms with van der Waals surface area (Å²) in [4.78, 5) is 0. The lowest BCUT2D eigenvalue weighted by atomic mass is 9.83. The van der Waals surface area contributed by atoms with E-state index in [4.69, 9.17) is 4.74 Å². The molecular formula is C19H17N2O3S-. The fraction of sp³-hybridized carbons (Fsp3) is 0.211. The molecule has 2 aromatic rings. The second kappa shape index (κ2) is 6.81. The van der Waals surface area contributed by atoms with Crippen molar-refractivity contribution in [3.8, 4) is 11.8 Å². The lowest BCUT2D eigenvalue weighted by Crippen LogP contribution is -2.34. The lowest BCUT2D eigenvalue weighted by Gasteiger charge is -2.34. The van der Waals surface area contributed by atoms with Crippen LogP contribution in [0.5, 0.6) is 5.75 Å². The van der Waals surface area contributed by atoms with Crippen molar-refractivity contribution >= 4 is 16.8 Å². The Morgan fingerprint density at radius 3 is 2.60 bits per heavy atom. The van der Waals surface area contributed by atoms with Gasteiger partial charge in [-0.05, 0) is 31.0 Å². The number of hydrogen-bond donors (Lipinski definition) is 1. The van der Waals surface area contributed by atoms with Crippen LogP contribution in [0.15, 0.2) is 54.1 Å². The van der Waals surface area contributed by atoms with Crippen LogP contribution in [0.2, 0.25) is 0 Å². The van der Waals surface area contributed by atoms with Gasteiger partial charge in [-0.2, -0.15) is 5.26 Å². The maximum atomic E-state index is 10.7. The predicted molar refractivity (Wildman–Crippen MR) is 95.0 cm³/mol. The predicted octanol–water partition coefficient (Wildman–Crippen LogP) is 3.07. The number of benzene rings is 2. The van der Waals surface area contributed by atoms with Crippen molar-refractivity contribution < 1.29 is 13.5 Å². The number of hydrogen-bond acceptors (Lipinski definition) is 4. The van der Waals surface area contributed by atoms with Gasteiger partial charge in [0.05, 0.1) is 11.6 Å². The van der Waals surface area contributed by atoms with Crippen LogP contribution in [0.3, 0.4) is 0 Å². The van der Waals surface area contributed by atoms with Crippen LogP contribution in [-0.2, 0) is 17.8 Å². The van der Waals surface area contributed by atoms with Crippen LogP contribution in [0.25, 0.3) is 5.57 Å². The van der Waals surface area contributed by atoms with E-state index in [0.717, 1.165) is 22.3 Å². The number of nitriles is 1. The van der Waals surface area contributed by atoms with E-state index in [0.29, 0.717) is 11.3 Å². The number of fused-ring (bicyclic) bond motifs is 1. The van der Waals surface area contributed by atoms with E-state index >= 15 is 0 Å². The van der Waals surface area contributed by atoms with E-state index in [1.807, 2.05) is 62.4 Å². The highest BCUT2D eigenvalue weighted by Gasteiger charge is 2.35. The molecule has 0 radical (unpaired) electrons. The molecule has 5 nitrogen and oxygen atoms in total. The zero-order valence-corrected chi connectivity index (χ0v) is 14.7. The summed E-state index contributed by atoms with van der Waals surface area (Å²) in [5.41, 5.74) is 3.20. The number of nitrogens with zero attached hydrogens (tertiary/aromatic N) is 1. The van der Waals surface area contributed by atoms with Gasteiger partial charge in [0.2, 0.25) is 0 Å². The van der Waals surface area contributed by atoms with Crippen molar-refractivity contribution in [3.05, 3.63) is 70.8 Å². The molecule has 1 atom stereocenters. The summed E-state index contributed by atoms with van der Waals surface area (Å²) in [7, 11) is 0. The molecule has 1 N–H and O–H groups in total. The second-order valence-electron chi connectivity index (χ2n) is 6.23. The Kier molecular flexibility index (Phi) is 4.73.